The Balaban J connectivity index is 1.91. The molecule has 6 N–H and O–H groups in total. The molecule has 0 aromatic heterocycles. The molecular weight excluding hydrogens is 386 g/mol. The van der Waals surface area contributed by atoms with Crippen LogP contribution in [0.1, 0.15) is 12.8 Å². The lowest BCUT2D eigenvalue weighted by Gasteiger charge is -2.20. The number of nitrogens with one attached hydrogen (secondary N) is 3. The Morgan fingerprint density at radius 2 is 1.67 bits per heavy atom. The summed E-state index contributed by atoms with van der Waals surface area (Å²) in [6, 6.07) is 7.54. The van der Waals surface area contributed by atoms with Gasteiger partial charge in [0.25, 0.3) is 0 Å². The van der Waals surface area contributed by atoms with Gasteiger partial charge in [0.1, 0.15) is 12.4 Å². The number of benzene rings is 1. The molecule has 0 amide bonds. The van der Waals surface area contributed by atoms with Crippen LogP contribution in [0.5, 0.6) is 0 Å². The Morgan fingerprint density at radius 1 is 0.967 bits per heavy atom. The number of ether oxygens (including phenoxy) is 1. The van der Waals surface area contributed by atoms with Crippen molar-refractivity contribution < 1.29 is 20.1 Å². The Kier molecular flexibility index (Phi) is 10.2. The van der Waals surface area contributed by atoms with Gasteiger partial charge in [0.05, 0.1) is 42.6 Å². The maximum absolute atomic E-state index is 9.03. The molecule has 0 fully saturated rings. The topological polar surface area (TPSA) is 145 Å². The quantitative estimate of drug-likeness (QED) is 0.266. The van der Waals surface area contributed by atoms with Crippen molar-refractivity contribution in [1.29, 1.82) is 10.8 Å². The first-order valence-corrected chi connectivity index (χ1v) is 10.0. The summed E-state index contributed by atoms with van der Waals surface area (Å²) in [4.78, 5) is 6.51. The molecule has 1 aromatic rings. The number of rotatable bonds is 13. The van der Waals surface area contributed by atoms with E-state index in [0.717, 1.165) is 25.2 Å². The molecule has 1 aromatic carbocycles. The molecule has 0 radical (unpaired) electrons. The van der Waals surface area contributed by atoms with Gasteiger partial charge < -0.3 is 36.2 Å². The fraction of sp³-hybridized carbons (Fsp3) is 0.476. The molecular formula is C21H31N5O4. The van der Waals surface area contributed by atoms with E-state index in [9.17, 15) is 0 Å². The summed E-state index contributed by atoms with van der Waals surface area (Å²) in [6.07, 6.45) is 2.61. The summed E-state index contributed by atoms with van der Waals surface area (Å²) < 4.78 is 5.35. The third-order valence-corrected chi connectivity index (χ3v) is 4.51. The minimum atomic E-state index is -0.135. The Bertz CT molecular complexity index is 755. The van der Waals surface area contributed by atoms with Crippen LogP contribution >= 0.6 is 0 Å². The second-order valence-corrected chi connectivity index (χ2v) is 6.83. The highest BCUT2D eigenvalue weighted by Crippen LogP contribution is 2.20. The molecule has 0 bridgehead atoms. The van der Waals surface area contributed by atoms with Crippen LogP contribution in [0.15, 0.2) is 41.1 Å². The molecule has 9 heteroatoms. The lowest BCUT2D eigenvalue weighted by Crippen LogP contribution is -2.31. The fourth-order valence-electron chi connectivity index (χ4n) is 2.98. The van der Waals surface area contributed by atoms with Gasteiger partial charge in [-0.25, -0.2) is 4.99 Å². The molecule has 164 valence electrons. The minimum Gasteiger partial charge on any atom is -0.489 e. The van der Waals surface area contributed by atoms with Crippen LogP contribution in [0.4, 0.5) is 11.4 Å². The maximum atomic E-state index is 9.03. The van der Waals surface area contributed by atoms with Gasteiger partial charge in [-0.3, -0.25) is 4.90 Å². The Hall–Kier alpha value is -2.59. The molecule has 2 rings (SSSR count). The highest BCUT2D eigenvalue weighted by atomic mass is 16.5. The van der Waals surface area contributed by atoms with Crippen molar-refractivity contribution in [2.75, 3.05) is 57.9 Å². The van der Waals surface area contributed by atoms with Crippen LogP contribution in [0.2, 0.25) is 0 Å². The van der Waals surface area contributed by atoms with Crippen LogP contribution in [0.3, 0.4) is 0 Å². The SMILES string of the molecule is N=C1CC(=N)C(=Nc2ccc(NCCCN(CCO)CCO)cc2)C=C1OCCO. The number of aliphatic hydroxyl groups is 3. The number of aliphatic hydroxyl groups excluding tert-OH is 3. The highest BCUT2D eigenvalue weighted by molar-refractivity contribution is 6.51. The molecule has 0 unspecified atom stereocenters. The monoisotopic (exact) mass is 417 g/mol. The van der Waals surface area contributed by atoms with Crippen molar-refractivity contribution in [3.8, 4) is 0 Å². The van der Waals surface area contributed by atoms with Crippen molar-refractivity contribution in [3.05, 3.63) is 36.1 Å². The van der Waals surface area contributed by atoms with E-state index in [1.807, 2.05) is 29.2 Å². The minimum absolute atomic E-state index is 0.0836. The van der Waals surface area contributed by atoms with E-state index in [4.69, 9.17) is 30.9 Å². The summed E-state index contributed by atoms with van der Waals surface area (Å²) in [5, 5.41) is 46.3. The van der Waals surface area contributed by atoms with Crippen LogP contribution in [-0.2, 0) is 4.74 Å². The van der Waals surface area contributed by atoms with E-state index < -0.39 is 0 Å². The number of aliphatic imine (C=N–C) groups is 1. The number of anilines is 1. The molecule has 0 heterocycles. The smallest absolute Gasteiger partial charge is 0.142 e. The molecule has 9 nitrogen and oxygen atoms in total. The van der Waals surface area contributed by atoms with Gasteiger partial charge in [0.2, 0.25) is 0 Å². The first-order valence-electron chi connectivity index (χ1n) is 10.0. The summed E-state index contributed by atoms with van der Waals surface area (Å²) in [5.41, 5.74) is 2.58. The van der Waals surface area contributed by atoms with Crippen molar-refractivity contribution in [2.24, 2.45) is 4.99 Å². The largest absolute Gasteiger partial charge is 0.489 e. The molecule has 0 aliphatic heterocycles. The van der Waals surface area contributed by atoms with E-state index in [1.54, 1.807) is 6.08 Å². The molecule has 30 heavy (non-hydrogen) atoms. The lowest BCUT2D eigenvalue weighted by atomic mass is 10.00. The predicted molar refractivity (Wildman–Crippen MR) is 118 cm³/mol. The first kappa shape index (κ1) is 23.7. The second-order valence-electron chi connectivity index (χ2n) is 6.83. The average molecular weight is 418 g/mol. The Labute approximate surface area is 176 Å². The summed E-state index contributed by atoms with van der Waals surface area (Å²) in [7, 11) is 0. The molecule has 0 saturated carbocycles. The van der Waals surface area contributed by atoms with Crippen LogP contribution in [-0.4, -0.2) is 90.0 Å². The summed E-state index contributed by atoms with van der Waals surface area (Å²) >= 11 is 0. The Morgan fingerprint density at radius 3 is 2.30 bits per heavy atom. The van der Waals surface area contributed by atoms with Gasteiger partial charge in [-0.15, -0.1) is 0 Å². The van der Waals surface area contributed by atoms with Crippen molar-refractivity contribution in [2.45, 2.75) is 12.8 Å². The fourth-order valence-corrected chi connectivity index (χ4v) is 2.98. The van der Waals surface area contributed by atoms with Gasteiger partial charge >= 0.3 is 0 Å². The van der Waals surface area contributed by atoms with Gasteiger partial charge in [-0.2, -0.15) is 0 Å². The van der Waals surface area contributed by atoms with E-state index >= 15 is 0 Å². The molecule has 1 aliphatic rings. The molecule has 0 saturated heterocycles. The number of nitrogens with zero attached hydrogens (tertiary/aromatic N) is 2. The maximum Gasteiger partial charge on any atom is 0.142 e. The van der Waals surface area contributed by atoms with E-state index in [2.05, 4.69) is 10.3 Å². The van der Waals surface area contributed by atoms with Gasteiger partial charge in [0, 0.05) is 37.8 Å². The zero-order valence-electron chi connectivity index (χ0n) is 17.1. The van der Waals surface area contributed by atoms with Crippen LogP contribution in [0.25, 0.3) is 0 Å². The second kappa shape index (κ2) is 12.9. The highest BCUT2D eigenvalue weighted by Gasteiger charge is 2.20. The molecule has 1 aliphatic carbocycles. The summed E-state index contributed by atoms with van der Waals surface area (Å²) in [6.45, 7) is 2.82. The van der Waals surface area contributed by atoms with Crippen molar-refractivity contribution in [3.63, 3.8) is 0 Å². The van der Waals surface area contributed by atoms with Crippen LogP contribution in [0, 0.1) is 10.8 Å². The number of hydrogen-bond acceptors (Lipinski definition) is 9. The summed E-state index contributed by atoms with van der Waals surface area (Å²) in [5.74, 6) is 0.341. The number of hydrogen-bond donors (Lipinski definition) is 6. The van der Waals surface area contributed by atoms with Gasteiger partial charge in [-0.05, 0) is 37.2 Å². The normalized spacial score (nSPS) is 15.6. The zero-order chi connectivity index (χ0) is 21.8. The van der Waals surface area contributed by atoms with Gasteiger partial charge in [0.15, 0.2) is 0 Å². The van der Waals surface area contributed by atoms with E-state index in [0.29, 0.717) is 30.2 Å². The van der Waals surface area contributed by atoms with Crippen molar-refractivity contribution >= 4 is 28.5 Å². The third-order valence-electron chi connectivity index (χ3n) is 4.51. The van der Waals surface area contributed by atoms with E-state index in [-0.39, 0.29) is 44.3 Å². The van der Waals surface area contributed by atoms with Crippen molar-refractivity contribution in [1.82, 2.24) is 4.90 Å². The first-order chi connectivity index (χ1) is 14.6. The number of allylic oxidation sites excluding steroid dienone is 2. The molecule has 0 atom stereocenters. The predicted octanol–water partition coefficient (Wildman–Crippen LogP) is 1.18. The third kappa shape index (κ3) is 7.68. The zero-order valence-corrected chi connectivity index (χ0v) is 17.1. The van der Waals surface area contributed by atoms with Crippen LogP contribution < -0.4 is 5.32 Å². The lowest BCUT2D eigenvalue weighted by molar-refractivity contribution is 0.155. The van der Waals surface area contributed by atoms with E-state index in [1.165, 1.54) is 0 Å². The molecule has 0 spiro atoms. The average Bonchev–Trinajstić information content (AvgIpc) is 2.73. The van der Waals surface area contributed by atoms with Gasteiger partial charge in [-0.1, -0.05) is 0 Å². The standard InChI is InChI=1S/C21H31N5O4/c22-18-14-19(23)21(30-13-12-29)15-20(18)25-17-4-2-16(3-5-17)24-6-1-7-26(8-10-27)9-11-28/h2-5,15,22-24,27-29H,1,6-14H2.